The SMILES string of the molecule is COC(=O)CC(C)Nc1cccc(C)c1C#N. The first-order valence-corrected chi connectivity index (χ1v) is 5.41. The molecule has 0 saturated carbocycles. The minimum absolute atomic E-state index is 0.0728. The lowest BCUT2D eigenvalue weighted by Crippen LogP contribution is -2.21. The van der Waals surface area contributed by atoms with E-state index in [-0.39, 0.29) is 18.4 Å². The third kappa shape index (κ3) is 3.49. The summed E-state index contributed by atoms with van der Waals surface area (Å²) in [5.74, 6) is -0.267. The molecule has 1 rings (SSSR count). The van der Waals surface area contributed by atoms with Gasteiger partial charge in [0.2, 0.25) is 0 Å². The quantitative estimate of drug-likeness (QED) is 0.808. The molecule has 0 fully saturated rings. The molecule has 0 aliphatic heterocycles. The zero-order valence-corrected chi connectivity index (χ0v) is 10.3. The van der Waals surface area contributed by atoms with Crippen molar-refractivity contribution in [3.8, 4) is 6.07 Å². The molecule has 1 aromatic rings. The van der Waals surface area contributed by atoms with Crippen LogP contribution in [0.25, 0.3) is 0 Å². The number of ether oxygens (including phenoxy) is 1. The van der Waals surface area contributed by atoms with Crippen molar-refractivity contribution in [3.63, 3.8) is 0 Å². The summed E-state index contributed by atoms with van der Waals surface area (Å²) in [6.45, 7) is 3.76. The number of methoxy groups -OCH3 is 1. The van der Waals surface area contributed by atoms with E-state index in [1.165, 1.54) is 7.11 Å². The summed E-state index contributed by atoms with van der Waals surface area (Å²) in [5, 5.41) is 12.2. The number of carbonyl (C=O) groups excluding carboxylic acids is 1. The zero-order chi connectivity index (χ0) is 12.8. The highest BCUT2D eigenvalue weighted by Gasteiger charge is 2.11. The first-order valence-electron chi connectivity index (χ1n) is 5.41. The molecule has 0 aromatic heterocycles. The molecule has 0 radical (unpaired) electrons. The van der Waals surface area contributed by atoms with Crippen LogP contribution in [0.3, 0.4) is 0 Å². The van der Waals surface area contributed by atoms with Gasteiger partial charge in [0.25, 0.3) is 0 Å². The summed E-state index contributed by atoms with van der Waals surface area (Å²) >= 11 is 0. The number of nitriles is 1. The molecule has 0 aliphatic carbocycles. The van der Waals surface area contributed by atoms with Crippen molar-refractivity contribution >= 4 is 11.7 Å². The lowest BCUT2D eigenvalue weighted by atomic mass is 10.1. The lowest BCUT2D eigenvalue weighted by Gasteiger charge is -2.15. The van der Waals surface area contributed by atoms with E-state index in [2.05, 4.69) is 16.1 Å². The molecule has 0 saturated heterocycles. The van der Waals surface area contributed by atoms with Crippen LogP contribution < -0.4 is 5.32 Å². The van der Waals surface area contributed by atoms with Crippen molar-refractivity contribution in [2.75, 3.05) is 12.4 Å². The molecule has 17 heavy (non-hydrogen) atoms. The van der Waals surface area contributed by atoms with Gasteiger partial charge in [-0.1, -0.05) is 12.1 Å². The normalized spacial score (nSPS) is 11.4. The van der Waals surface area contributed by atoms with Crippen LogP contribution in [0.15, 0.2) is 18.2 Å². The van der Waals surface area contributed by atoms with Crippen LogP contribution in [0, 0.1) is 18.3 Å². The van der Waals surface area contributed by atoms with Gasteiger partial charge < -0.3 is 10.1 Å². The van der Waals surface area contributed by atoms with E-state index < -0.39 is 0 Å². The maximum atomic E-state index is 11.1. The Kier molecular flexibility index (Phi) is 4.53. The van der Waals surface area contributed by atoms with Crippen LogP contribution >= 0.6 is 0 Å². The van der Waals surface area contributed by atoms with Crippen LogP contribution in [0.5, 0.6) is 0 Å². The van der Waals surface area contributed by atoms with E-state index in [1.54, 1.807) is 0 Å². The number of hydrogen-bond acceptors (Lipinski definition) is 4. The smallest absolute Gasteiger partial charge is 0.307 e. The second-order valence-corrected chi connectivity index (χ2v) is 3.93. The first-order chi connectivity index (χ1) is 8.08. The topological polar surface area (TPSA) is 62.1 Å². The Morgan fingerprint density at radius 2 is 2.29 bits per heavy atom. The van der Waals surface area contributed by atoms with Crippen molar-refractivity contribution in [1.82, 2.24) is 0 Å². The number of benzene rings is 1. The number of rotatable bonds is 4. The Morgan fingerprint density at radius 3 is 2.88 bits per heavy atom. The maximum absolute atomic E-state index is 11.1. The molecule has 0 bridgehead atoms. The van der Waals surface area contributed by atoms with E-state index in [0.29, 0.717) is 5.56 Å². The van der Waals surface area contributed by atoms with Gasteiger partial charge in [0, 0.05) is 6.04 Å². The van der Waals surface area contributed by atoms with Gasteiger partial charge in [-0.3, -0.25) is 4.79 Å². The highest BCUT2D eigenvalue weighted by molar-refractivity contribution is 5.71. The summed E-state index contributed by atoms with van der Waals surface area (Å²) in [5.41, 5.74) is 2.29. The Morgan fingerprint density at radius 1 is 1.59 bits per heavy atom. The van der Waals surface area contributed by atoms with Gasteiger partial charge in [-0.25, -0.2) is 0 Å². The minimum Gasteiger partial charge on any atom is -0.469 e. The zero-order valence-electron chi connectivity index (χ0n) is 10.3. The highest BCUT2D eigenvalue weighted by Crippen LogP contribution is 2.19. The molecule has 0 heterocycles. The molecule has 90 valence electrons. The Bertz CT molecular complexity index is 449. The molecular formula is C13H16N2O2. The van der Waals surface area contributed by atoms with Crippen molar-refractivity contribution in [3.05, 3.63) is 29.3 Å². The molecule has 1 unspecified atom stereocenters. The van der Waals surface area contributed by atoms with E-state index >= 15 is 0 Å². The number of carbonyl (C=O) groups is 1. The molecule has 1 aromatic carbocycles. The average molecular weight is 232 g/mol. The van der Waals surface area contributed by atoms with E-state index in [4.69, 9.17) is 5.26 Å². The number of hydrogen-bond donors (Lipinski definition) is 1. The van der Waals surface area contributed by atoms with Gasteiger partial charge in [0.1, 0.15) is 6.07 Å². The predicted octanol–water partition coefficient (Wildman–Crippen LogP) is 2.23. The van der Waals surface area contributed by atoms with Crippen LogP contribution in [-0.2, 0) is 9.53 Å². The molecule has 1 N–H and O–H groups in total. The first kappa shape index (κ1) is 13.0. The highest BCUT2D eigenvalue weighted by atomic mass is 16.5. The van der Waals surface area contributed by atoms with Gasteiger partial charge in [-0.2, -0.15) is 5.26 Å². The van der Waals surface area contributed by atoms with Gasteiger partial charge in [0.15, 0.2) is 0 Å². The van der Waals surface area contributed by atoms with Gasteiger partial charge >= 0.3 is 5.97 Å². The maximum Gasteiger partial charge on any atom is 0.307 e. The van der Waals surface area contributed by atoms with Crippen molar-refractivity contribution in [2.45, 2.75) is 26.3 Å². The molecule has 0 aliphatic rings. The summed E-state index contributed by atoms with van der Waals surface area (Å²) in [6, 6.07) is 7.68. The lowest BCUT2D eigenvalue weighted by molar-refractivity contribution is -0.140. The summed E-state index contributed by atoms with van der Waals surface area (Å²) in [7, 11) is 1.36. The number of nitrogens with zero attached hydrogens (tertiary/aromatic N) is 1. The molecular weight excluding hydrogens is 216 g/mol. The third-order valence-corrected chi connectivity index (χ3v) is 2.49. The molecule has 4 nitrogen and oxygen atoms in total. The molecule has 1 atom stereocenters. The number of anilines is 1. The van der Waals surface area contributed by atoms with Gasteiger partial charge in [-0.05, 0) is 25.5 Å². The van der Waals surface area contributed by atoms with E-state index in [0.717, 1.165) is 11.3 Å². The van der Waals surface area contributed by atoms with E-state index in [9.17, 15) is 4.79 Å². The van der Waals surface area contributed by atoms with Gasteiger partial charge in [-0.15, -0.1) is 0 Å². The summed E-state index contributed by atoms with van der Waals surface area (Å²) in [6.07, 6.45) is 0.273. The fourth-order valence-corrected chi connectivity index (χ4v) is 1.59. The molecule has 0 amide bonds. The summed E-state index contributed by atoms with van der Waals surface area (Å²) in [4.78, 5) is 11.1. The Labute approximate surface area is 101 Å². The third-order valence-electron chi connectivity index (χ3n) is 2.49. The second kappa shape index (κ2) is 5.90. The van der Waals surface area contributed by atoms with Gasteiger partial charge in [0.05, 0.1) is 24.8 Å². The largest absolute Gasteiger partial charge is 0.469 e. The van der Waals surface area contributed by atoms with Crippen LogP contribution in [-0.4, -0.2) is 19.1 Å². The fourth-order valence-electron chi connectivity index (χ4n) is 1.59. The Balaban J connectivity index is 2.79. The standard InChI is InChI=1S/C13H16N2O2/c1-9-5-4-6-12(11(9)8-14)15-10(2)7-13(16)17-3/h4-6,10,15H,7H2,1-3H3. The monoisotopic (exact) mass is 232 g/mol. The second-order valence-electron chi connectivity index (χ2n) is 3.93. The molecule has 4 heteroatoms. The minimum atomic E-state index is -0.267. The van der Waals surface area contributed by atoms with E-state index in [1.807, 2.05) is 32.0 Å². The van der Waals surface area contributed by atoms with Crippen LogP contribution in [0.4, 0.5) is 5.69 Å². The number of nitrogens with one attached hydrogen (secondary N) is 1. The van der Waals surface area contributed by atoms with Crippen molar-refractivity contribution < 1.29 is 9.53 Å². The van der Waals surface area contributed by atoms with Crippen LogP contribution in [0.1, 0.15) is 24.5 Å². The summed E-state index contributed by atoms with van der Waals surface area (Å²) < 4.78 is 4.59. The van der Waals surface area contributed by atoms with Crippen molar-refractivity contribution in [2.24, 2.45) is 0 Å². The fraction of sp³-hybridized carbons (Fsp3) is 0.385. The number of esters is 1. The van der Waals surface area contributed by atoms with Crippen molar-refractivity contribution in [1.29, 1.82) is 5.26 Å². The molecule has 0 spiro atoms. The predicted molar refractivity (Wildman–Crippen MR) is 65.6 cm³/mol. The Hall–Kier alpha value is -2.02. The average Bonchev–Trinajstić information content (AvgIpc) is 2.29. The number of aryl methyl sites for hydroxylation is 1. The van der Waals surface area contributed by atoms with Crippen LogP contribution in [0.2, 0.25) is 0 Å².